The van der Waals surface area contributed by atoms with Gasteiger partial charge in [-0.05, 0) is 24.3 Å². The third kappa shape index (κ3) is 5.20. The van der Waals surface area contributed by atoms with Crippen molar-refractivity contribution in [3.63, 3.8) is 0 Å². The van der Waals surface area contributed by atoms with Gasteiger partial charge in [0.05, 0.1) is 22.7 Å². The predicted octanol–water partition coefficient (Wildman–Crippen LogP) is 5.17. The number of amides is 1. The van der Waals surface area contributed by atoms with E-state index in [1.807, 2.05) is 0 Å². The molecule has 0 aliphatic heterocycles. The number of thioether (sulfide) groups is 1. The molecule has 0 aliphatic rings. The normalized spacial score (nSPS) is 11.3. The van der Waals surface area contributed by atoms with Crippen molar-refractivity contribution in [2.24, 2.45) is 0 Å². The molecule has 1 amide bonds. The number of halogens is 4. The zero-order valence-electron chi connectivity index (χ0n) is 14.0. The summed E-state index contributed by atoms with van der Waals surface area (Å²) in [6.45, 7) is 0. The quantitative estimate of drug-likeness (QED) is 0.419. The summed E-state index contributed by atoms with van der Waals surface area (Å²) in [6.07, 6.45) is -4.57. The standard InChI is InChI=1S/C17H12F4N4OS2/c18-11-6-2-4-8-13(11)23-15-24-25-16(28-15)27-9-14(26)22-12-7-3-1-5-10(12)17(19,20)21/h1-8H,9H2,(H,22,26)(H,23,24). The van der Waals surface area contributed by atoms with E-state index in [1.165, 1.54) is 30.3 Å². The van der Waals surface area contributed by atoms with E-state index in [4.69, 9.17) is 0 Å². The monoisotopic (exact) mass is 428 g/mol. The van der Waals surface area contributed by atoms with Crippen LogP contribution in [0.5, 0.6) is 0 Å². The number of anilines is 3. The van der Waals surface area contributed by atoms with Gasteiger partial charge in [0, 0.05) is 0 Å². The molecule has 28 heavy (non-hydrogen) atoms. The highest BCUT2D eigenvalue weighted by molar-refractivity contribution is 8.01. The maximum Gasteiger partial charge on any atom is 0.418 e. The highest BCUT2D eigenvalue weighted by Crippen LogP contribution is 2.35. The number of hydrogen-bond donors (Lipinski definition) is 2. The van der Waals surface area contributed by atoms with Gasteiger partial charge in [0.25, 0.3) is 0 Å². The number of aromatic nitrogens is 2. The van der Waals surface area contributed by atoms with Gasteiger partial charge < -0.3 is 10.6 Å². The molecule has 146 valence electrons. The molecule has 1 aromatic heterocycles. The molecule has 0 bridgehead atoms. The average molecular weight is 428 g/mol. The lowest BCUT2D eigenvalue weighted by atomic mass is 10.1. The molecule has 0 radical (unpaired) electrons. The zero-order chi connectivity index (χ0) is 20.1. The lowest BCUT2D eigenvalue weighted by Gasteiger charge is -2.13. The summed E-state index contributed by atoms with van der Waals surface area (Å²) in [6, 6.07) is 10.8. The number of nitrogens with zero attached hydrogens (tertiary/aromatic N) is 2. The Morgan fingerprint density at radius 2 is 1.71 bits per heavy atom. The summed E-state index contributed by atoms with van der Waals surface area (Å²) in [4.78, 5) is 12.0. The Labute approximate surface area is 165 Å². The molecule has 0 unspecified atom stereocenters. The van der Waals surface area contributed by atoms with Gasteiger partial charge in [-0.3, -0.25) is 4.79 Å². The topological polar surface area (TPSA) is 66.9 Å². The Hall–Kier alpha value is -2.66. The number of benzene rings is 2. The van der Waals surface area contributed by atoms with E-state index in [2.05, 4.69) is 20.8 Å². The van der Waals surface area contributed by atoms with E-state index in [1.54, 1.807) is 12.1 Å². The molecule has 3 rings (SSSR count). The molecule has 2 N–H and O–H groups in total. The van der Waals surface area contributed by atoms with Crippen LogP contribution in [0, 0.1) is 5.82 Å². The Morgan fingerprint density at radius 3 is 2.43 bits per heavy atom. The van der Waals surface area contributed by atoms with Crippen molar-refractivity contribution in [2.75, 3.05) is 16.4 Å². The van der Waals surface area contributed by atoms with Crippen molar-refractivity contribution in [3.8, 4) is 0 Å². The second-order valence-electron chi connectivity index (χ2n) is 5.36. The van der Waals surface area contributed by atoms with Gasteiger partial charge in [0.15, 0.2) is 4.34 Å². The highest BCUT2D eigenvalue weighted by Gasteiger charge is 2.33. The number of carbonyl (C=O) groups excluding carboxylic acids is 1. The highest BCUT2D eigenvalue weighted by atomic mass is 32.2. The van der Waals surface area contributed by atoms with Crippen LogP contribution in [0.2, 0.25) is 0 Å². The second-order valence-corrected chi connectivity index (χ2v) is 7.56. The number of hydrogen-bond acceptors (Lipinski definition) is 6. The first-order chi connectivity index (χ1) is 13.3. The lowest BCUT2D eigenvalue weighted by molar-refractivity contribution is -0.137. The Bertz CT molecular complexity index is 978. The van der Waals surface area contributed by atoms with Crippen LogP contribution in [0.15, 0.2) is 52.9 Å². The molecule has 5 nitrogen and oxygen atoms in total. The van der Waals surface area contributed by atoms with Crippen LogP contribution in [0.3, 0.4) is 0 Å². The Morgan fingerprint density at radius 1 is 1.04 bits per heavy atom. The first-order valence-corrected chi connectivity index (χ1v) is 9.57. The molecule has 0 spiro atoms. The molecule has 0 atom stereocenters. The molecule has 0 aliphatic carbocycles. The van der Waals surface area contributed by atoms with E-state index in [0.29, 0.717) is 9.47 Å². The van der Waals surface area contributed by atoms with Gasteiger partial charge in [-0.1, -0.05) is 47.4 Å². The predicted molar refractivity (Wildman–Crippen MR) is 100 cm³/mol. The molecule has 11 heteroatoms. The van der Waals surface area contributed by atoms with E-state index >= 15 is 0 Å². The fourth-order valence-corrected chi connectivity index (χ4v) is 3.71. The Balaban J connectivity index is 1.58. The van der Waals surface area contributed by atoms with E-state index < -0.39 is 23.5 Å². The van der Waals surface area contributed by atoms with Crippen LogP contribution in [0.4, 0.5) is 34.1 Å². The average Bonchev–Trinajstić information content (AvgIpc) is 3.09. The van der Waals surface area contributed by atoms with Gasteiger partial charge >= 0.3 is 6.18 Å². The maximum absolute atomic E-state index is 13.6. The minimum absolute atomic E-state index is 0.152. The van der Waals surface area contributed by atoms with Crippen LogP contribution in [-0.2, 0) is 11.0 Å². The van der Waals surface area contributed by atoms with Gasteiger partial charge in [-0.25, -0.2) is 4.39 Å². The number of rotatable bonds is 6. The van der Waals surface area contributed by atoms with Crippen molar-refractivity contribution >= 4 is 45.5 Å². The van der Waals surface area contributed by atoms with Gasteiger partial charge in [0.1, 0.15) is 5.82 Å². The van der Waals surface area contributed by atoms with Gasteiger partial charge in [-0.15, -0.1) is 10.2 Å². The molecule has 3 aromatic rings. The SMILES string of the molecule is O=C(CSc1nnc(Nc2ccccc2F)s1)Nc1ccccc1C(F)(F)F. The second kappa shape index (κ2) is 8.57. The van der Waals surface area contributed by atoms with Crippen molar-refractivity contribution in [1.29, 1.82) is 0 Å². The molecule has 1 heterocycles. The summed E-state index contributed by atoms with van der Waals surface area (Å²) >= 11 is 2.11. The summed E-state index contributed by atoms with van der Waals surface area (Å²) < 4.78 is 52.9. The van der Waals surface area contributed by atoms with Gasteiger partial charge in [-0.2, -0.15) is 13.2 Å². The van der Waals surface area contributed by atoms with Crippen molar-refractivity contribution < 1.29 is 22.4 Å². The van der Waals surface area contributed by atoms with Crippen LogP contribution >= 0.6 is 23.1 Å². The molecule has 0 saturated heterocycles. The molecule has 2 aromatic carbocycles. The molecular weight excluding hydrogens is 416 g/mol. The number of carbonyl (C=O) groups is 1. The lowest BCUT2D eigenvalue weighted by Crippen LogP contribution is -2.18. The summed E-state index contributed by atoms with van der Waals surface area (Å²) in [5, 5.41) is 13.1. The largest absolute Gasteiger partial charge is 0.418 e. The van der Waals surface area contributed by atoms with Crippen LogP contribution in [-0.4, -0.2) is 21.9 Å². The maximum atomic E-state index is 13.6. The first-order valence-electron chi connectivity index (χ1n) is 7.77. The summed E-state index contributed by atoms with van der Waals surface area (Å²) in [5.41, 5.74) is -0.989. The van der Waals surface area contributed by atoms with Crippen LogP contribution < -0.4 is 10.6 Å². The number of nitrogens with one attached hydrogen (secondary N) is 2. The molecule has 0 fully saturated rings. The molecular formula is C17H12F4N4OS2. The third-order valence-electron chi connectivity index (χ3n) is 3.36. The third-order valence-corrected chi connectivity index (χ3v) is 5.33. The summed E-state index contributed by atoms with van der Waals surface area (Å²) in [7, 11) is 0. The van der Waals surface area contributed by atoms with Crippen molar-refractivity contribution in [1.82, 2.24) is 10.2 Å². The fourth-order valence-electron chi connectivity index (χ4n) is 2.15. The molecule has 0 saturated carbocycles. The minimum Gasteiger partial charge on any atom is -0.328 e. The van der Waals surface area contributed by atoms with E-state index in [9.17, 15) is 22.4 Å². The number of para-hydroxylation sites is 2. The van der Waals surface area contributed by atoms with Crippen molar-refractivity contribution in [2.45, 2.75) is 10.5 Å². The van der Waals surface area contributed by atoms with Crippen LogP contribution in [0.25, 0.3) is 0 Å². The minimum atomic E-state index is -4.57. The summed E-state index contributed by atoms with van der Waals surface area (Å²) in [5.74, 6) is -1.21. The Kier molecular flexibility index (Phi) is 6.15. The number of alkyl halides is 3. The van der Waals surface area contributed by atoms with E-state index in [-0.39, 0.29) is 17.1 Å². The zero-order valence-corrected chi connectivity index (χ0v) is 15.6. The van der Waals surface area contributed by atoms with E-state index in [0.717, 1.165) is 29.2 Å². The fraction of sp³-hybridized carbons (Fsp3) is 0.118. The van der Waals surface area contributed by atoms with Gasteiger partial charge in [0.2, 0.25) is 11.0 Å². The van der Waals surface area contributed by atoms with Crippen LogP contribution in [0.1, 0.15) is 5.56 Å². The van der Waals surface area contributed by atoms with Crippen molar-refractivity contribution in [3.05, 3.63) is 59.9 Å². The smallest absolute Gasteiger partial charge is 0.328 e. The first kappa shape index (κ1) is 20.1.